The first-order valence-corrected chi connectivity index (χ1v) is 3.88. The molecule has 4 nitrogen and oxygen atoms in total. The number of benzene rings is 1. The summed E-state index contributed by atoms with van der Waals surface area (Å²) >= 11 is 5.75. The van der Waals surface area contributed by atoms with E-state index < -0.39 is 5.91 Å². The van der Waals surface area contributed by atoms with Gasteiger partial charge in [0.05, 0.1) is 0 Å². The highest BCUT2D eigenvalue weighted by Crippen LogP contribution is 2.16. The van der Waals surface area contributed by atoms with E-state index in [1.165, 1.54) is 6.07 Å². The molecule has 1 rings (SSSR count). The maximum atomic E-state index is 11.0. The molecule has 0 bridgehead atoms. The minimum absolute atomic E-state index is 0.347. The zero-order chi connectivity index (χ0) is 9.84. The average Bonchev–Trinajstić information content (AvgIpc) is 2.10. The molecule has 0 spiro atoms. The van der Waals surface area contributed by atoms with Crippen molar-refractivity contribution in [3.8, 4) is 0 Å². The van der Waals surface area contributed by atoms with Crippen LogP contribution in [0.15, 0.2) is 23.3 Å². The maximum Gasteiger partial charge on any atom is 0.249 e. The van der Waals surface area contributed by atoms with E-state index in [-0.39, 0.29) is 0 Å². The van der Waals surface area contributed by atoms with Crippen LogP contribution in [0.4, 0.5) is 0 Å². The third-order valence-electron chi connectivity index (χ3n) is 1.54. The number of halogens is 1. The quantitative estimate of drug-likeness (QED) is 0.386. The Morgan fingerprint density at radius 1 is 1.62 bits per heavy atom. The molecule has 0 fully saturated rings. The summed E-state index contributed by atoms with van der Waals surface area (Å²) in [4.78, 5) is 13.5. The predicted molar refractivity (Wildman–Crippen MR) is 49.7 cm³/mol. The van der Waals surface area contributed by atoms with Crippen molar-refractivity contribution in [2.75, 3.05) is 0 Å². The molecule has 0 aromatic heterocycles. The highest BCUT2D eigenvalue weighted by atomic mass is 35.5. The van der Waals surface area contributed by atoms with E-state index in [1.54, 1.807) is 19.1 Å². The molecule has 1 aromatic carbocycles. The smallest absolute Gasteiger partial charge is 0.249 e. The topological polar surface area (TPSA) is 65.8 Å². The van der Waals surface area contributed by atoms with E-state index in [0.29, 0.717) is 10.6 Å². The van der Waals surface area contributed by atoms with E-state index >= 15 is 0 Å². The highest BCUT2D eigenvalue weighted by molar-refractivity contribution is 6.31. The van der Waals surface area contributed by atoms with E-state index in [0.717, 1.165) is 5.56 Å². The fraction of sp³-hybridized carbons (Fsp3) is 0.125. The molecule has 0 atom stereocenters. The minimum atomic E-state index is -0.595. The summed E-state index contributed by atoms with van der Waals surface area (Å²) < 4.78 is 0. The summed E-state index contributed by atoms with van der Waals surface area (Å²) in [5, 5.41) is 3.55. The van der Waals surface area contributed by atoms with Gasteiger partial charge in [0.25, 0.3) is 0 Å². The third kappa shape index (κ3) is 2.21. The molecule has 0 aliphatic heterocycles. The molecule has 13 heavy (non-hydrogen) atoms. The molecule has 1 aromatic rings. The number of aryl methyl sites for hydroxylation is 1. The van der Waals surface area contributed by atoms with Gasteiger partial charge in [0.2, 0.25) is 5.91 Å². The summed E-state index contributed by atoms with van der Waals surface area (Å²) in [6, 6.07) is 4.70. The first-order chi connectivity index (χ1) is 6.15. The molecule has 0 N–H and O–H groups in total. The second kappa shape index (κ2) is 3.94. The Morgan fingerprint density at radius 2 is 2.31 bits per heavy atom. The minimum Gasteiger partial charge on any atom is -0.287 e. The van der Waals surface area contributed by atoms with Crippen molar-refractivity contribution in [3.05, 3.63) is 44.8 Å². The van der Waals surface area contributed by atoms with Gasteiger partial charge in [-0.15, -0.1) is 0 Å². The molecule has 0 saturated carbocycles. The number of hydrogen-bond donors (Lipinski definition) is 0. The number of nitrogens with zero attached hydrogens (tertiary/aromatic N) is 3. The van der Waals surface area contributed by atoms with Crippen LogP contribution in [0.2, 0.25) is 5.02 Å². The Balaban J connectivity index is 3.10. The maximum absolute atomic E-state index is 11.0. The normalized spacial score (nSPS) is 9.08. The first-order valence-electron chi connectivity index (χ1n) is 3.50. The van der Waals surface area contributed by atoms with Gasteiger partial charge in [0, 0.05) is 15.5 Å². The van der Waals surface area contributed by atoms with Gasteiger partial charge in [-0.05, 0) is 41.3 Å². The van der Waals surface area contributed by atoms with Crippen LogP contribution in [0.1, 0.15) is 15.9 Å². The van der Waals surface area contributed by atoms with Gasteiger partial charge in [-0.1, -0.05) is 11.6 Å². The fourth-order valence-electron chi connectivity index (χ4n) is 0.876. The molecule has 0 saturated heterocycles. The van der Waals surface area contributed by atoms with E-state index in [9.17, 15) is 4.79 Å². The number of rotatable bonds is 1. The van der Waals surface area contributed by atoms with Crippen molar-refractivity contribution in [1.29, 1.82) is 0 Å². The van der Waals surface area contributed by atoms with Crippen molar-refractivity contribution in [2.24, 2.45) is 5.11 Å². The van der Waals surface area contributed by atoms with Gasteiger partial charge in [-0.2, -0.15) is 0 Å². The zero-order valence-electron chi connectivity index (χ0n) is 6.86. The lowest BCUT2D eigenvalue weighted by atomic mass is 10.1. The van der Waals surface area contributed by atoms with E-state index in [1.807, 2.05) is 0 Å². The highest BCUT2D eigenvalue weighted by Gasteiger charge is 2.03. The zero-order valence-corrected chi connectivity index (χ0v) is 7.62. The van der Waals surface area contributed by atoms with E-state index in [4.69, 9.17) is 17.1 Å². The summed E-state index contributed by atoms with van der Waals surface area (Å²) in [5.41, 5.74) is 9.16. The van der Waals surface area contributed by atoms with Gasteiger partial charge in [0.15, 0.2) is 0 Å². The Kier molecular flexibility index (Phi) is 2.90. The summed E-state index contributed by atoms with van der Waals surface area (Å²) in [5.74, 6) is -0.595. The molecule has 0 aliphatic carbocycles. The molecule has 0 unspecified atom stereocenters. The van der Waals surface area contributed by atoms with Crippen molar-refractivity contribution in [1.82, 2.24) is 0 Å². The fourth-order valence-corrected chi connectivity index (χ4v) is 0.994. The average molecular weight is 196 g/mol. The monoisotopic (exact) mass is 195 g/mol. The molecule has 0 radical (unpaired) electrons. The number of amides is 1. The second-order valence-electron chi connectivity index (χ2n) is 2.46. The molecular weight excluding hydrogens is 190 g/mol. The SMILES string of the molecule is Cc1cc(C(=O)N=[N+]=[N-])ccc1Cl. The molecule has 66 valence electrons. The van der Waals surface area contributed by atoms with Crippen LogP contribution in [-0.4, -0.2) is 5.91 Å². The van der Waals surface area contributed by atoms with Gasteiger partial charge < -0.3 is 0 Å². The second-order valence-corrected chi connectivity index (χ2v) is 2.87. The largest absolute Gasteiger partial charge is 0.287 e. The number of azide groups is 1. The predicted octanol–water partition coefficient (Wildman–Crippen LogP) is 3.10. The summed E-state index contributed by atoms with van der Waals surface area (Å²) in [6.07, 6.45) is 0. The molecule has 5 heteroatoms. The Labute approximate surface area is 79.8 Å². The van der Waals surface area contributed by atoms with Gasteiger partial charge in [-0.3, -0.25) is 4.79 Å². The van der Waals surface area contributed by atoms with Crippen LogP contribution in [-0.2, 0) is 0 Å². The van der Waals surface area contributed by atoms with Gasteiger partial charge in [-0.25, -0.2) is 0 Å². The summed E-state index contributed by atoms with van der Waals surface area (Å²) in [6.45, 7) is 1.77. The van der Waals surface area contributed by atoms with Crippen LogP contribution < -0.4 is 0 Å². The van der Waals surface area contributed by atoms with E-state index in [2.05, 4.69) is 10.0 Å². The van der Waals surface area contributed by atoms with Crippen LogP contribution in [0.25, 0.3) is 10.4 Å². The van der Waals surface area contributed by atoms with Crippen LogP contribution in [0.5, 0.6) is 0 Å². The molecule has 0 heterocycles. The number of carbonyl (C=O) groups excluding carboxylic acids is 1. The van der Waals surface area contributed by atoms with Crippen LogP contribution in [0.3, 0.4) is 0 Å². The van der Waals surface area contributed by atoms with Crippen molar-refractivity contribution in [2.45, 2.75) is 6.92 Å². The number of carbonyl (C=O) groups is 1. The third-order valence-corrected chi connectivity index (χ3v) is 1.96. The Morgan fingerprint density at radius 3 is 2.85 bits per heavy atom. The number of hydrogen-bond acceptors (Lipinski definition) is 1. The Bertz CT molecular complexity index is 396. The van der Waals surface area contributed by atoms with Gasteiger partial charge >= 0.3 is 0 Å². The molecule has 1 amide bonds. The van der Waals surface area contributed by atoms with Crippen LogP contribution >= 0.6 is 11.6 Å². The lowest BCUT2D eigenvalue weighted by Gasteiger charge is -1.98. The van der Waals surface area contributed by atoms with Crippen molar-refractivity contribution >= 4 is 17.5 Å². The summed E-state index contributed by atoms with van der Waals surface area (Å²) in [7, 11) is 0. The van der Waals surface area contributed by atoms with Crippen molar-refractivity contribution < 1.29 is 4.79 Å². The lowest BCUT2D eigenvalue weighted by Crippen LogP contribution is -1.93. The van der Waals surface area contributed by atoms with Crippen molar-refractivity contribution in [3.63, 3.8) is 0 Å². The lowest BCUT2D eigenvalue weighted by molar-refractivity contribution is 0.100. The standard InChI is InChI=1S/C8H6ClN3O/c1-5-4-6(2-3-7(5)9)8(13)11-12-10/h2-4H,1H3. The first kappa shape index (κ1) is 9.58. The van der Waals surface area contributed by atoms with Crippen LogP contribution in [0, 0.1) is 6.92 Å². The molecular formula is C8H6ClN3O. The Hall–Kier alpha value is -1.51. The van der Waals surface area contributed by atoms with Gasteiger partial charge in [0.1, 0.15) is 0 Å². The molecule has 0 aliphatic rings.